The van der Waals surface area contributed by atoms with Crippen molar-refractivity contribution in [2.24, 2.45) is 10.4 Å². The summed E-state index contributed by atoms with van der Waals surface area (Å²) in [6.45, 7) is 5.90. The standard InChI is InChI=1S/C20H20N2O2S/c1-20(2,3)17(23)13-22-15-11-7-8-12-16(15)25-19(22)21-18(24)14-9-5-4-6-10-14/h4-12H,13H2,1-3H3. The highest BCUT2D eigenvalue weighted by molar-refractivity contribution is 7.16. The Kier molecular flexibility index (Phi) is 4.68. The van der Waals surface area contributed by atoms with Crippen LogP contribution >= 0.6 is 11.3 Å². The minimum absolute atomic E-state index is 0.102. The van der Waals surface area contributed by atoms with Gasteiger partial charge in [0.15, 0.2) is 10.6 Å². The fraction of sp³-hybridized carbons (Fsp3) is 0.250. The van der Waals surface area contributed by atoms with Gasteiger partial charge in [0.2, 0.25) is 0 Å². The Bertz CT molecular complexity index is 992. The van der Waals surface area contributed by atoms with Crippen LogP contribution in [0.2, 0.25) is 0 Å². The lowest BCUT2D eigenvalue weighted by molar-refractivity contribution is -0.126. The van der Waals surface area contributed by atoms with E-state index in [1.807, 2.05) is 67.8 Å². The quantitative estimate of drug-likeness (QED) is 0.714. The normalized spacial score (nSPS) is 12.5. The minimum atomic E-state index is -0.448. The molecule has 0 N–H and O–H groups in total. The Balaban J connectivity index is 2.11. The summed E-state index contributed by atoms with van der Waals surface area (Å²) >= 11 is 1.42. The van der Waals surface area contributed by atoms with Crippen LogP contribution in [-0.4, -0.2) is 16.3 Å². The Hall–Kier alpha value is -2.53. The fourth-order valence-electron chi connectivity index (χ4n) is 2.37. The lowest BCUT2D eigenvalue weighted by Gasteiger charge is -2.17. The molecule has 3 rings (SSSR count). The summed E-state index contributed by atoms with van der Waals surface area (Å²) in [6, 6.07) is 16.8. The molecule has 0 saturated heterocycles. The second-order valence-corrected chi connectivity index (χ2v) is 7.90. The summed E-state index contributed by atoms with van der Waals surface area (Å²) < 4.78 is 2.85. The Labute approximate surface area is 150 Å². The molecule has 0 fully saturated rings. The number of Topliss-reactive ketones (excluding diaryl/α,β-unsaturated/α-hetero) is 1. The number of carbonyl (C=O) groups excluding carboxylic acids is 2. The predicted octanol–water partition coefficient (Wildman–Crippen LogP) is 4.06. The highest BCUT2D eigenvalue weighted by Crippen LogP contribution is 2.20. The molecule has 0 aliphatic rings. The third kappa shape index (κ3) is 3.77. The van der Waals surface area contributed by atoms with Gasteiger partial charge in [-0.1, -0.05) is 62.4 Å². The monoisotopic (exact) mass is 352 g/mol. The average molecular weight is 352 g/mol. The van der Waals surface area contributed by atoms with Gasteiger partial charge in [0.05, 0.1) is 16.8 Å². The molecule has 5 heteroatoms. The number of nitrogens with zero attached hydrogens (tertiary/aromatic N) is 2. The van der Waals surface area contributed by atoms with Crippen LogP contribution in [0, 0.1) is 5.41 Å². The van der Waals surface area contributed by atoms with Gasteiger partial charge in [0, 0.05) is 11.0 Å². The molecule has 0 atom stereocenters. The van der Waals surface area contributed by atoms with E-state index < -0.39 is 5.41 Å². The summed E-state index contributed by atoms with van der Waals surface area (Å²) in [7, 11) is 0. The van der Waals surface area contributed by atoms with Gasteiger partial charge in [-0.3, -0.25) is 9.59 Å². The Morgan fingerprint density at radius 3 is 2.32 bits per heavy atom. The molecule has 128 valence electrons. The minimum Gasteiger partial charge on any atom is -0.309 e. The third-order valence-corrected chi connectivity index (χ3v) is 5.00. The molecule has 0 unspecified atom stereocenters. The molecule has 2 aromatic carbocycles. The van der Waals surface area contributed by atoms with Gasteiger partial charge in [-0.05, 0) is 24.3 Å². The second kappa shape index (κ2) is 6.76. The van der Waals surface area contributed by atoms with Crippen LogP contribution in [0.3, 0.4) is 0 Å². The third-order valence-electron chi connectivity index (χ3n) is 3.94. The molecule has 0 aliphatic carbocycles. The van der Waals surface area contributed by atoms with Crippen molar-refractivity contribution in [1.82, 2.24) is 4.57 Å². The number of ketones is 1. The zero-order valence-electron chi connectivity index (χ0n) is 14.5. The highest BCUT2D eigenvalue weighted by Gasteiger charge is 2.22. The predicted molar refractivity (Wildman–Crippen MR) is 101 cm³/mol. The Morgan fingerprint density at radius 2 is 1.64 bits per heavy atom. The number of benzene rings is 2. The number of aromatic nitrogens is 1. The lowest BCUT2D eigenvalue weighted by Crippen LogP contribution is -2.29. The Morgan fingerprint density at radius 1 is 1.00 bits per heavy atom. The van der Waals surface area contributed by atoms with Gasteiger partial charge in [-0.25, -0.2) is 0 Å². The van der Waals surface area contributed by atoms with Crippen molar-refractivity contribution in [2.75, 3.05) is 0 Å². The molecule has 25 heavy (non-hydrogen) atoms. The van der Waals surface area contributed by atoms with Crippen LogP contribution in [0.15, 0.2) is 59.6 Å². The molecular formula is C20H20N2O2S. The molecule has 0 aliphatic heterocycles. The molecule has 4 nitrogen and oxygen atoms in total. The zero-order chi connectivity index (χ0) is 18.0. The first kappa shape index (κ1) is 17.3. The summed E-state index contributed by atoms with van der Waals surface area (Å²) in [5.41, 5.74) is 1.01. The molecule has 1 amide bonds. The number of rotatable bonds is 3. The van der Waals surface area contributed by atoms with Crippen LogP contribution < -0.4 is 4.80 Å². The van der Waals surface area contributed by atoms with E-state index in [0.717, 1.165) is 10.2 Å². The molecule has 1 aromatic heterocycles. The van der Waals surface area contributed by atoms with E-state index in [4.69, 9.17) is 0 Å². The van der Waals surface area contributed by atoms with E-state index >= 15 is 0 Å². The van der Waals surface area contributed by atoms with E-state index in [2.05, 4.69) is 4.99 Å². The SMILES string of the molecule is CC(C)(C)C(=O)Cn1c(=NC(=O)c2ccccc2)sc2ccccc21. The maximum Gasteiger partial charge on any atom is 0.279 e. The van der Waals surface area contributed by atoms with Gasteiger partial charge in [0.25, 0.3) is 5.91 Å². The number of hydrogen-bond acceptors (Lipinski definition) is 3. The van der Waals surface area contributed by atoms with Crippen molar-refractivity contribution < 1.29 is 9.59 Å². The molecule has 0 radical (unpaired) electrons. The molecule has 0 bridgehead atoms. The first-order valence-electron chi connectivity index (χ1n) is 8.12. The van der Waals surface area contributed by atoms with E-state index in [1.165, 1.54) is 11.3 Å². The van der Waals surface area contributed by atoms with Gasteiger partial charge >= 0.3 is 0 Å². The van der Waals surface area contributed by atoms with E-state index in [0.29, 0.717) is 10.4 Å². The largest absolute Gasteiger partial charge is 0.309 e. The van der Waals surface area contributed by atoms with Gasteiger partial charge in [0.1, 0.15) is 0 Å². The molecule has 3 aromatic rings. The maximum absolute atomic E-state index is 12.5. The summed E-state index contributed by atoms with van der Waals surface area (Å²) in [4.78, 5) is 29.8. The lowest BCUT2D eigenvalue weighted by atomic mass is 9.91. The van der Waals surface area contributed by atoms with Crippen LogP contribution in [0.1, 0.15) is 31.1 Å². The number of para-hydroxylation sites is 1. The van der Waals surface area contributed by atoms with Crippen molar-refractivity contribution in [2.45, 2.75) is 27.3 Å². The molecular weight excluding hydrogens is 332 g/mol. The maximum atomic E-state index is 12.5. The molecule has 1 heterocycles. The number of hydrogen-bond donors (Lipinski definition) is 0. The van der Waals surface area contributed by atoms with E-state index in [9.17, 15) is 9.59 Å². The highest BCUT2D eigenvalue weighted by atomic mass is 32.1. The van der Waals surface area contributed by atoms with E-state index in [1.54, 1.807) is 12.1 Å². The van der Waals surface area contributed by atoms with Crippen LogP contribution in [-0.2, 0) is 11.3 Å². The topological polar surface area (TPSA) is 51.4 Å². The van der Waals surface area contributed by atoms with Crippen molar-refractivity contribution >= 4 is 33.2 Å². The van der Waals surface area contributed by atoms with Crippen molar-refractivity contribution in [3.63, 3.8) is 0 Å². The first-order valence-corrected chi connectivity index (χ1v) is 8.94. The van der Waals surface area contributed by atoms with Crippen LogP contribution in [0.5, 0.6) is 0 Å². The van der Waals surface area contributed by atoms with Gasteiger partial charge < -0.3 is 4.57 Å². The van der Waals surface area contributed by atoms with Gasteiger partial charge in [-0.2, -0.15) is 4.99 Å². The first-order chi connectivity index (χ1) is 11.9. The second-order valence-electron chi connectivity index (χ2n) is 6.89. The van der Waals surface area contributed by atoms with Crippen molar-refractivity contribution in [3.05, 3.63) is 65.0 Å². The van der Waals surface area contributed by atoms with Gasteiger partial charge in [-0.15, -0.1) is 0 Å². The molecule has 0 spiro atoms. The van der Waals surface area contributed by atoms with E-state index in [-0.39, 0.29) is 18.2 Å². The summed E-state index contributed by atoms with van der Waals surface area (Å²) in [6.07, 6.45) is 0. The summed E-state index contributed by atoms with van der Waals surface area (Å²) in [5, 5.41) is 0. The zero-order valence-corrected chi connectivity index (χ0v) is 15.3. The molecule has 0 saturated carbocycles. The summed E-state index contributed by atoms with van der Waals surface area (Å²) in [5.74, 6) is -0.200. The number of fused-ring (bicyclic) bond motifs is 1. The average Bonchev–Trinajstić information content (AvgIpc) is 2.92. The van der Waals surface area contributed by atoms with Crippen molar-refractivity contribution in [3.8, 4) is 0 Å². The van der Waals surface area contributed by atoms with Crippen LogP contribution in [0.25, 0.3) is 10.2 Å². The number of amides is 1. The van der Waals surface area contributed by atoms with Crippen LogP contribution in [0.4, 0.5) is 0 Å². The number of carbonyl (C=O) groups is 2. The smallest absolute Gasteiger partial charge is 0.279 e. The fourth-order valence-corrected chi connectivity index (χ4v) is 3.40. The number of thiazole rings is 1. The van der Waals surface area contributed by atoms with Crippen molar-refractivity contribution in [1.29, 1.82) is 0 Å².